The Bertz CT molecular complexity index is 709. The van der Waals surface area contributed by atoms with Crippen molar-refractivity contribution in [3.63, 3.8) is 0 Å². The van der Waals surface area contributed by atoms with Gasteiger partial charge in [0.25, 0.3) is 0 Å². The fourth-order valence-electron chi connectivity index (χ4n) is 2.57. The molecule has 2 heterocycles. The SMILES string of the molecule is CN1CCc2c(Cl)ccc3sc(P(=O)(O)O)c(c23)C1. The van der Waals surface area contributed by atoms with Crippen LogP contribution in [0.25, 0.3) is 10.1 Å². The normalized spacial score (nSPS) is 16.8. The standard InChI is InChI=1S/C12H13ClNO3PS/c1-14-5-4-7-9(13)2-3-10-11(7)8(6-14)12(19-10)18(15,16)17/h2-3H,4-6H2,1H3,(H2,15,16,17). The highest BCUT2D eigenvalue weighted by molar-refractivity contribution is 7.68. The zero-order valence-corrected chi connectivity index (χ0v) is 12.7. The fourth-order valence-corrected chi connectivity index (χ4v) is 5.11. The molecule has 0 radical (unpaired) electrons. The molecule has 7 heteroatoms. The fraction of sp³-hybridized carbons (Fsp3) is 0.333. The summed E-state index contributed by atoms with van der Waals surface area (Å²) in [5.41, 5.74) is 1.75. The van der Waals surface area contributed by atoms with Crippen LogP contribution in [0.5, 0.6) is 0 Å². The third-order valence-corrected chi connectivity index (χ3v) is 6.56. The number of halogens is 1. The van der Waals surface area contributed by atoms with Crippen molar-refractivity contribution in [1.29, 1.82) is 0 Å². The van der Waals surface area contributed by atoms with Crippen molar-refractivity contribution in [2.45, 2.75) is 13.0 Å². The van der Waals surface area contributed by atoms with E-state index in [0.717, 1.165) is 34.2 Å². The topological polar surface area (TPSA) is 60.8 Å². The van der Waals surface area contributed by atoms with E-state index in [9.17, 15) is 14.4 Å². The lowest BCUT2D eigenvalue weighted by Gasteiger charge is -2.14. The first kappa shape index (κ1) is 13.6. The third-order valence-electron chi connectivity index (χ3n) is 3.42. The lowest BCUT2D eigenvalue weighted by molar-refractivity contribution is 0.336. The monoisotopic (exact) mass is 317 g/mol. The van der Waals surface area contributed by atoms with Gasteiger partial charge in [0.1, 0.15) is 4.62 Å². The molecule has 2 N–H and O–H groups in total. The van der Waals surface area contributed by atoms with Crippen LogP contribution >= 0.6 is 30.5 Å². The minimum Gasteiger partial charge on any atom is -0.320 e. The van der Waals surface area contributed by atoms with E-state index in [1.807, 2.05) is 19.2 Å². The van der Waals surface area contributed by atoms with Gasteiger partial charge in [0, 0.05) is 33.8 Å². The van der Waals surface area contributed by atoms with Crippen molar-refractivity contribution in [2.24, 2.45) is 0 Å². The van der Waals surface area contributed by atoms with E-state index in [2.05, 4.69) is 4.90 Å². The van der Waals surface area contributed by atoms with Gasteiger partial charge in [0.05, 0.1) is 0 Å². The Hall–Kier alpha value is -0.420. The molecular weight excluding hydrogens is 305 g/mol. The van der Waals surface area contributed by atoms with Crippen LogP contribution in [0, 0.1) is 0 Å². The van der Waals surface area contributed by atoms with Crippen LogP contribution in [-0.4, -0.2) is 28.3 Å². The molecule has 1 aromatic heterocycles. The Balaban J connectivity index is 2.40. The number of nitrogens with zero attached hydrogens (tertiary/aromatic N) is 1. The molecule has 19 heavy (non-hydrogen) atoms. The van der Waals surface area contributed by atoms with Gasteiger partial charge >= 0.3 is 7.60 Å². The highest BCUT2D eigenvalue weighted by Gasteiger charge is 2.30. The summed E-state index contributed by atoms with van der Waals surface area (Å²) in [5.74, 6) is 0. The molecule has 1 aromatic carbocycles. The van der Waals surface area contributed by atoms with Crippen molar-refractivity contribution in [3.8, 4) is 0 Å². The van der Waals surface area contributed by atoms with Gasteiger partial charge in [-0.25, -0.2) is 0 Å². The first-order valence-electron chi connectivity index (χ1n) is 5.85. The molecule has 0 fully saturated rings. The molecule has 1 aliphatic rings. The van der Waals surface area contributed by atoms with E-state index in [-0.39, 0.29) is 4.62 Å². The van der Waals surface area contributed by atoms with Crippen LogP contribution in [0.15, 0.2) is 12.1 Å². The van der Waals surface area contributed by atoms with Gasteiger partial charge in [-0.3, -0.25) is 4.57 Å². The molecular formula is C12H13ClNO3PS. The number of thiophene rings is 1. The van der Waals surface area contributed by atoms with Gasteiger partial charge in [-0.1, -0.05) is 11.6 Å². The second kappa shape index (κ2) is 4.55. The molecule has 102 valence electrons. The number of rotatable bonds is 1. The van der Waals surface area contributed by atoms with Crippen LogP contribution in [-0.2, 0) is 17.5 Å². The number of hydrogen-bond acceptors (Lipinski definition) is 3. The first-order valence-corrected chi connectivity index (χ1v) is 8.66. The van der Waals surface area contributed by atoms with Crippen LogP contribution in [0.1, 0.15) is 11.1 Å². The van der Waals surface area contributed by atoms with E-state index >= 15 is 0 Å². The lowest BCUT2D eigenvalue weighted by Crippen LogP contribution is -2.21. The molecule has 0 unspecified atom stereocenters. The van der Waals surface area contributed by atoms with Crippen LogP contribution in [0.4, 0.5) is 0 Å². The summed E-state index contributed by atoms with van der Waals surface area (Å²) in [7, 11) is -2.29. The Morgan fingerprint density at radius 1 is 1.37 bits per heavy atom. The van der Waals surface area contributed by atoms with E-state index in [0.29, 0.717) is 11.6 Å². The quantitative estimate of drug-likeness (QED) is 0.793. The van der Waals surface area contributed by atoms with Crippen molar-refractivity contribution >= 4 is 45.2 Å². The summed E-state index contributed by atoms with van der Waals surface area (Å²) in [6.07, 6.45) is 0.803. The van der Waals surface area contributed by atoms with Gasteiger partial charge in [-0.05, 0) is 31.2 Å². The van der Waals surface area contributed by atoms with E-state index in [4.69, 9.17) is 11.6 Å². The lowest BCUT2D eigenvalue weighted by atomic mass is 10.1. The number of benzene rings is 1. The van der Waals surface area contributed by atoms with Gasteiger partial charge in [0.2, 0.25) is 0 Å². The molecule has 0 aliphatic carbocycles. The average molecular weight is 318 g/mol. The Kier molecular flexibility index (Phi) is 3.25. The second-order valence-electron chi connectivity index (χ2n) is 4.82. The maximum atomic E-state index is 11.7. The minimum atomic E-state index is -4.24. The Morgan fingerprint density at radius 2 is 2.11 bits per heavy atom. The molecule has 3 rings (SSSR count). The number of hydrogen-bond donors (Lipinski definition) is 2. The van der Waals surface area contributed by atoms with Crippen LogP contribution < -0.4 is 4.62 Å². The van der Waals surface area contributed by atoms with Crippen molar-refractivity contribution in [3.05, 3.63) is 28.3 Å². The van der Waals surface area contributed by atoms with Crippen molar-refractivity contribution < 1.29 is 14.4 Å². The highest BCUT2D eigenvalue weighted by Crippen LogP contribution is 2.44. The van der Waals surface area contributed by atoms with E-state index < -0.39 is 7.60 Å². The molecule has 0 atom stereocenters. The second-order valence-corrected chi connectivity index (χ2v) is 8.11. The smallest absolute Gasteiger partial charge is 0.320 e. The Morgan fingerprint density at radius 3 is 2.79 bits per heavy atom. The maximum Gasteiger partial charge on any atom is 0.366 e. The van der Waals surface area contributed by atoms with E-state index in [1.54, 1.807) is 0 Å². The van der Waals surface area contributed by atoms with Gasteiger partial charge < -0.3 is 14.7 Å². The molecule has 0 spiro atoms. The summed E-state index contributed by atoms with van der Waals surface area (Å²) in [4.78, 5) is 21.1. The molecule has 0 amide bonds. The zero-order chi connectivity index (χ0) is 13.8. The zero-order valence-electron chi connectivity index (χ0n) is 10.3. The predicted octanol–water partition coefficient (Wildman–Crippen LogP) is 2.35. The first-order chi connectivity index (χ1) is 8.88. The summed E-state index contributed by atoms with van der Waals surface area (Å²) < 4.78 is 12.8. The maximum absolute atomic E-state index is 11.7. The minimum absolute atomic E-state index is 0.180. The molecule has 0 bridgehead atoms. The molecule has 0 saturated carbocycles. The summed E-state index contributed by atoms with van der Waals surface area (Å²) >= 11 is 7.43. The van der Waals surface area contributed by atoms with Gasteiger partial charge in [-0.15, -0.1) is 11.3 Å². The molecule has 4 nitrogen and oxygen atoms in total. The molecule has 0 saturated heterocycles. The van der Waals surface area contributed by atoms with Gasteiger partial charge in [-0.2, -0.15) is 0 Å². The number of likely N-dealkylation sites (N-methyl/N-ethyl adjacent to an activating group) is 1. The molecule has 1 aliphatic heterocycles. The summed E-state index contributed by atoms with van der Waals surface area (Å²) in [6.45, 7) is 1.38. The highest BCUT2D eigenvalue weighted by atomic mass is 35.5. The van der Waals surface area contributed by atoms with Gasteiger partial charge in [0.15, 0.2) is 0 Å². The summed E-state index contributed by atoms with van der Waals surface area (Å²) in [6, 6.07) is 3.66. The van der Waals surface area contributed by atoms with Crippen LogP contribution in [0.3, 0.4) is 0 Å². The van der Waals surface area contributed by atoms with Crippen LogP contribution in [0.2, 0.25) is 5.02 Å². The third kappa shape index (κ3) is 2.25. The largest absolute Gasteiger partial charge is 0.366 e. The molecule has 2 aromatic rings. The predicted molar refractivity (Wildman–Crippen MR) is 78.6 cm³/mol. The summed E-state index contributed by atoms with van der Waals surface area (Å²) in [5, 5.41) is 1.62. The van der Waals surface area contributed by atoms with Crippen molar-refractivity contribution in [1.82, 2.24) is 4.90 Å². The van der Waals surface area contributed by atoms with E-state index in [1.165, 1.54) is 11.3 Å². The van der Waals surface area contributed by atoms with Crippen molar-refractivity contribution in [2.75, 3.05) is 13.6 Å². The average Bonchev–Trinajstić information content (AvgIpc) is 2.57. The Labute approximate surface area is 119 Å².